The molecule has 21 heavy (non-hydrogen) atoms. The van der Waals surface area contributed by atoms with Crippen molar-refractivity contribution in [3.05, 3.63) is 17.0 Å². The van der Waals surface area contributed by atoms with E-state index in [4.69, 9.17) is 0 Å². The lowest BCUT2D eigenvalue weighted by molar-refractivity contribution is 0.188. The normalized spacial score (nSPS) is 24.3. The average Bonchev–Trinajstić information content (AvgIpc) is 2.89. The first-order chi connectivity index (χ1) is 9.92. The van der Waals surface area contributed by atoms with E-state index in [-0.39, 0.29) is 6.04 Å². The van der Waals surface area contributed by atoms with Crippen LogP contribution in [0.25, 0.3) is 0 Å². The molecule has 5 nitrogen and oxygen atoms in total. The number of hydrogen-bond donors (Lipinski definition) is 2. The predicted octanol–water partition coefficient (Wildman–Crippen LogP) is 1.48. The third-order valence-corrected chi connectivity index (χ3v) is 6.87. The van der Waals surface area contributed by atoms with E-state index in [2.05, 4.69) is 28.9 Å². The quantitative estimate of drug-likeness (QED) is 0.829. The first kappa shape index (κ1) is 16.9. The molecule has 0 aliphatic carbocycles. The van der Waals surface area contributed by atoms with E-state index in [1.807, 2.05) is 12.3 Å². The van der Waals surface area contributed by atoms with Crippen LogP contribution in [0.2, 0.25) is 0 Å². The summed E-state index contributed by atoms with van der Waals surface area (Å²) >= 11 is 1.30. The summed E-state index contributed by atoms with van der Waals surface area (Å²) in [7, 11) is -1.32. The molecule has 1 fully saturated rings. The van der Waals surface area contributed by atoms with E-state index >= 15 is 0 Å². The molecule has 1 saturated heterocycles. The van der Waals surface area contributed by atoms with Crippen LogP contribution in [0, 0.1) is 5.92 Å². The maximum Gasteiger partial charge on any atom is 0.250 e. The van der Waals surface area contributed by atoms with E-state index in [0.717, 1.165) is 31.6 Å². The van der Waals surface area contributed by atoms with Gasteiger partial charge in [0.05, 0.1) is 0 Å². The summed E-state index contributed by atoms with van der Waals surface area (Å²) in [5.74, 6) is 0.333. The van der Waals surface area contributed by atoms with Gasteiger partial charge >= 0.3 is 0 Å². The summed E-state index contributed by atoms with van der Waals surface area (Å²) < 4.78 is 28.3. The second-order valence-electron chi connectivity index (χ2n) is 5.81. The maximum atomic E-state index is 12.5. The van der Waals surface area contributed by atoms with Gasteiger partial charge in [-0.3, -0.25) is 0 Å². The number of piperidine rings is 1. The molecule has 1 aliphatic rings. The molecule has 120 valence electrons. The Balaban J connectivity index is 2.02. The molecular formula is C14H25N3O2S2. The minimum Gasteiger partial charge on any atom is -0.313 e. The van der Waals surface area contributed by atoms with Crippen LogP contribution in [-0.2, 0) is 16.6 Å². The zero-order valence-corrected chi connectivity index (χ0v) is 14.6. The van der Waals surface area contributed by atoms with Gasteiger partial charge in [0, 0.05) is 19.1 Å². The summed E-state index contributed by atoms with van der Waals surface area (Å²) in [5.41, 5.74) is 1.03. The van der Waals surface area contributed by atoms with Crippen molar-refractivity contribution >= 4 is 21.4 Å². The van der Waals surface area contributed by atoms with Gasteiger partial charge in [0.1, 0.15) is 4.21 Å². The molecule has 2 atom stereocenters. The van der Waals surface area contributed by atoms with Gasteiger partial charge in [-0.05, 0) is 49.5 Å². The minimum atomic E-state index is -3.39. The van der Waals surface area contributed by atoms with Crippen molar-refractivity contribution in [1.82, 2.24) is 14.9 Å². The summed E-state index contributed by atoms with van der Waals surface area (Å²) in [6, 6.07) is 1.81. The van der Waals surface area contributed by atoms with Crippen LogP contribution < -0.4 is 10.0 Å². The van der Waals surface area contributed by atoms with Crippen molar-refractivity contribution in [3.8, 4) is 0 Å². The monoisotopic (exact) mass is 331 g/mol. The van der Waals surface area contributed by atoms with Gasteiger partial charge in [-0.25, -0.2) is 13.1 Å². The fourth-order valence-corrected chi connectivity index (χ4v) is 5.25. The molecule has 2 N–H and O–H groups in total. The zero-order valence-electron chi connectivity index (χ0n) is 12.9. The van der Waals surface area contributed by atoms with Gasteiger partial charge in [0.25, 0.3) is 0 Å². The minimum absolute atomic E-state index is 0.0329. The molecule has 1 aliphatic heterocycles. The van der Waals surface area contributed by atoms with Crippen LogP contribution in [0.15, 0.2) is 15.7 Å². The number of rotatable bonds is 6. The Morgan fingerprint density at radius 2 is 2.24 bits per heavy atom. The van der Waals surface area contributed by atoms with Gasteiger partial charge in [-0.1, -0.05) is 13.8 Å². The fraction of sp³-hybridized carbons (Fsp3) is 0.714. The van der Waals surface area contributed by atoms with Crippen molar-refractivity contribution in [1.29, 1.82) is 0 Å². The second kappa shape index (κ2) is 7.19. The molecule has 2 rings (SSSR count). The Labute approximate surface area is 131 Å². The Morgan fingerprint density at radius 3 is 2.90 bits per heavy atom. The molecule has 2 unspecified atom stereocenters. The predicted molar refractivity (Wildman–Crippen MR) is 87.1 cm³/mol. The van der Waals surface area contributed by atoms with E-state index < -0.39 is 10.0 Å². The van der Waals surface area contributed by atoms with E-state index in [0.29, 0.717) is 16.7 Å². The third-order valence-electron chi connectivity index (χ3n) is 3.89. The highest BCUT2D eigenvalue weighted by Crippen LogP contribution is 2.23. The van der Waals surface area contributed by atoms with Gasteiger partial charge in [0.2, 0.25) is 10.0 Å². The van der Waals surface area contributed by atoms with Crippen molar-refractivity contribution in [2.45, 2.75) is 37.1 Å². The zero-order chi connectivity index (χ0) is 15.5. The first-order valence-electron chi connectivity index (χ1n) is 7.41. The molecule has 0 radical (unpaired) electrons. The van der Waals surface area contributed by atoms with Gasteiger partial charge in [0.15, 0.2) is 0 Å². The third kappa shape index (κ3) is 4.50. The number of hydrogen-bond acceptors (Lipinski definition) is 5. The van der Waals surface area contributed by atoms with Crippen LogP contribution in [0.1, 0.15) is 25.8 Å². The molecule has 0 amide bonds. The largest absolute Gasteiger partial charge is 0.313 e. The number of sulfonamides is 1. The van der Waals surface area contributed by atoms with Crippen LogP contribution in [0.5, 0.6) is 0 Å². The van der Waals surface area contributed by atoms with E-state index in [1.165, 1.54) is 11.3 Å². The summed E-state index contributed by atoms with van der Waals surface area (Å²) in [6.45, 7) is 7.61. The molecule has 2 heterocycles. The molecule has 1 aromatic rings. The Kier molecular flexibility index (Phi) is 5.79. The van der Waals surface area contributed by atoms with Crippen molar-refractivity contribution < 1.29 is 8.42 Å². The van der Waals surface area contributed by atoms with E-state index in [1.54, 1.807) is 6.07 Å². The standard InChI is InChI=1S/C14H25N3O2S2/c1-4-15-8-12-7-14(20-10-12)21(18,19)16-13-5-6-17(3)9-11(13)2/h7,10-11,13,15-16H,4-6,8-9H2,1-3H3. The van der Waals surface area contributed by atoms with Gasteiger partial charge in [-0.15, -0.1) is 11.3 Å². The lowest BCUT2D eigenvalue weighted by Gasteiger charge is -2.34. The summed E-state index contributed by atoms with van der Waals surface area (Å²) in [6.07, 6.45) is 0.868. The molecule has 1 aromatic heterocycles. The number of nitrogens with zero attached hydrogens (tertiary/aromatic N) is 1. The highest BCUT2D eigenvalue weighted by molar-refractivity contribution is 7.91. The lowest BCUT2D eigenvalue weighted by atomic mass is 9.95. The molecule has 0 saturated carbocycles. The first-order valence-corrected chi connectivity index (χ1v) is 9.77. The van der Waals surface area contributed by atoms with E-state index in [9.17, 15) is 8.42 Å². The van der Waals surface area contributed by atoms with Gasteiger partial charge in [-0.2, -0.15) is 0 Å². The average molecular weight is 332 g/mol. The molecule has 0 bridgehead atoms. The van der Waals surface area contributed by atoms with Crippen molar-refractivity contribution in [2.75, 3.05) is 26.7 Å². The molecule has 0 aromatic carbocycles. The highest BCUT2D eigenvalue weighted by atomic mass is 32.2. The van der Waals surface area contributed by atoms with Crippen LogP contribution in [0.4, 0.5) is 0 Å². The smallest absolute Gasteiger partial charge is 0.250 e. The number of nitrogens with one attached hydrogen (secondary N) is 2. The SMILES string of the molecule is CCNCc1csc(S(=O)(=O)NC2CCN(C)CC2C)c1. The Bertz CT molecular complexity index is 556. The lowest BCUT2D eigenvalue weighted by Crippen LogP contribution is -2.48. The second-order valence-corrected chi connectivity index (χ2v) is 8.66. The highest BCUT2D eigenvalue weighted by Gasteiger charge is 2.29. The number of thiophene rings is 1. The Hall–Kier alpha value is -0.470. The summed E-state index contributed by atoms with van der Waals surface area (Å²) in [5, 5.41) is 5.12. The van der Waals surface area contributed by atoms with Gasteiger partial charge < -0.3 is 10.2 Å². The topological polar surface area (TPSA) is 61.4 Å². The van der Waals surface area contributed by atoms with Crippen molar-refractivity contribution in [3.63, 3.8) is 0 Å². The molecular weight excluding hydrogens is 306 g/mol. The van der Waals surface area contributed by atoms with Crippen LogP contribution >= 0.6 is 11.3 Å². The van der Waals surface area contributed by atoms with Crippen LogP contribution in [0.3, 0.4) is 0 Å². The number of likely N-dealkylation sites (tertiary alicyclic amines) is 1. The Morgan fingerprint density at radius 1 is 1.48 bits per heavy atom. The molecule has 7 heteroatoms. The fourth-order valence-electron chi connectivity index (χ4n) is 2.64. The van der Waals surface area contributed by atoms with Crippen molar-refractivity contribution in [2.24, 2.45) is 5.92 Å². The maximum absolute atomic E-state index is 12.5. The summed E-state index contributed by atoms with van der Waals surface area (Å²) in [4.78, 5) is 2.25. The molecule has 0 spiro atoms. The van der Waals surface area contributed by atoms with Crippen LogP contribution in [-0.4, -0.2) is 46.0 Å².